The van der Waals surface area contributed by atoms with E-state index < -0.39 is 0 Å². The largest absolute Gasteiger partial charge is 0.383 e. The third kappa shape index (κ3) is 4.84. The van der Waals surface area contributed by atoms with Crippen LogP contribution in [-0.4, -0.2) is 12.1 Å². The van der Waals surface area contributed by atoms with Gasteiger partial charge in [0.1, 0.15) is 0 Å². The van der Waals surface area contributed by atoms with Gasteiger partial charge < -0.3 is 16.0 Å². The van der Waals surface area contributed by atoms with Gasteiger partial charge in [-0.1, -0.05) is 25.1 Å². The minimum Gasteiger partial charge on any atom is -0.383 e. The lowest BCUT2D eigenvalue weighted by molar-refractivity contribution is 0.262. The fourth-order valence-corrected chi connectivity index (χ4v) is 1.85. The molecule has 0 fully saturated rings. The first-order valence-corrected chi connectivity index (χ1v) is 7.17. The quantitative estimate of drug-likeness (QED) is 0.754. The Hall–Kier alpha value is -2.49. The molecule has 3 N–H and O–H groups in total. The molecule has 0 heterocycles. The zero-order valence-corrected chi connectivity index (χ0v) is 12.4. The van der Waals surface area contributed by atoms with Crippen molar-refractivity contribution in [1.82, 2.24) is 0 Å². The van der Waals surface area contributed by atoms with Gasteiger partial charge in [-0.25, -0.2) is 4.79 Å². The van der Waals surface area contributed by atoms with Gasteiger partial charge in [0.2, 0.25) is 0 Å². The van der Waals surface area contributed by atoms with E-state index >= 15 is 0 Å². The Balaban J connectivity index is 1.89. The maximum Gasteiger partial charge on any atom is 0.323 e. The van der Waals surface area contributed by atoms with Gasteiger partial charge in [-0.2, -0.15) is 0 Å². The number of benzene rings is 2. The normalized spacial score (nSPS) is 11.5. The van der Waals surface area contributed by atoms with Gasteiger partial charge in [-0.3, -0.25) is 0 Å². The lowest BCUT2D eigenvalue weighted by Crippen LogP contribution is -2.19. The minimum atomic E-state index is -0.246. The molecule has 2 aromatic carbocycles. The van der Waals surface area contributed by atoms with Crippen molar-refractivity contribution >= 4 is 23.1 Å². The number of carbonyl (C=O) groups is 1. The van der Waals surface area contributed by atoms with Crippen molar-refractivity contribution in [3.63, 3.8) is 0 Å². The molecule has 0 saturated heterocycles. The average molecular weight is 283 g/mol. The van der Waals surface area contributed by atoms with Crippen molar-refractivity contribution in [1.29, 1.82) is 0 Å². The topological polar surface area (TPSA) is 53.2 Å². The van der Waals surface area contributed by atoms with Crippen LogP contribution < -0.4 is 16.0 Å². The molecule has 0 aromatic heterocycles. The Morgan fingerprint density at radius 3 is 2.00 bits per heavy atom. The number of carbonyl (C=O) groups excluding carboxylic acids is 1. The molecule has 0 aliphatic heterocycles. The molecule has 0 saturated carbocycles. The monoisotopic (exact) mass is 283 g/mol. The lowest BCUT2D eigenvalue weighted by Gasteiger charge is -2.13. The first kappa shape index (κ1) is 14.9. The molecule has 1 atom stereocenters. The van der Waals surface area contributed by atoms with Gasteiger partial charge in [0.15, 0.2) is 0 Å². The van der Waals surface area contributed by atoms with Gasteiger partial charge in [-0.05, 0) is 49.7 Å². The fraction of sp³-hybridized carbons (Fsp3) is 0.235. The van der Waals surface area contributed by atoms with Crippen LogP contribution in [0.5, 0.6) is 0 Å². The highest BCUT2D eigenvalue weighted by Gasteiger charge is 2.03. The SMILES string of the molecule is CCC(C)Nc1ccc(NC(=O)Nc2ccccc2)cc1. The molecule has 0 aliphatic carbocycles. The van der Waals surface area contributed by atoms with Crippen LogP contribution in [-0.2, 0) is 0 Å². The third-order valence-electron chi connectivity index (χ3n) is 3.20. The second kappa shape index (κ2) is 7.33. The Labute approximate surface area is 125 Å². The summed E-state index contributed by atoms with van der Waals surface area (Å²) in [6, 6.07) is 17.2. The number of hydrogen-bond donors (Lipinski definition) is 3. The van der Waals surface area contributed by atoms with Crippen LogP contribution in [0.25, 0.3) is 0 Å². The zero-order valence-electron chi connectivity index (χ0n) is 12.4. The summed E-state index contributed by atoms with van der Waals surface area (Å²) < 4.78 is 0. The molecule has 0 aliphatic rings. The molecular weight excluding hydrogens is 262 g/mol. The highest BCUT2D eigenvalue weighted by atomic mass is 16.2. The van der Waals surface area contributed by atoms with E-state index in [2.05, 4.69) is 29.8 Å². The second-order valence-corrected chi connectivity index (χ2v) is 4.98. The number of nitrogens with one attached hydrogen (secondary N) is 3. The molecule has 2 aromatic rings. The summed E-state index contributed by atoms with van der Waals surface area (Å²) >= 11 is 0. The summed E-state index contributed by atoms with van der Waals surface area (Å²) in [4.78, 5) is 11.9. The van der Waals surface area contributed by atoms with Crippen LogP contribution in [0.15, 0.2) is 54.6 Å². The Morgan fingerprint density at radius 2 is 1.43 bits per heavy atom. The van der Waals surface area contributed by atoms with Crippen molar-refractivity contribution in [2.24, 2.45) is 0 Å². The Bertz CT molecular complexity index is 566. The summed E-state index contributed by atoms with van der Waals surface area (Å²) in [6.07, 6.45) is 1.07. The standard InChI is InChI=1S/C17H21N3O/c1-3-13(2)18-15-9-11-16(12-10-15)20-17(21)19-14-7-5-4-6-8-14/h4-13,18H,3H2,1-2H3,(H2,19,20,21). The van der Waals surface area contributed by atoms with E-state index in [0.717, 1.165) is 23.5 Å². The summed E-state index contributed by atoms with van der Waals surface area (Å²) in [5, 5.41) is 8.97. The van der Waals surface area contributed by atoms with E-state index in [-0.39, 0.29) is 6.03 Å². The van der Waals surface area contributed by atoms with Crippen molar-refractivity contribution in [3.05, 3.63) is 54.6 Å². The summed E-state index contributed by atoms with van der Waals surface area (Å²) in [6.45, 7) is 4.28. The molecule has 4 nitrogen and oxygen atoms in total. The predicted molar refractivity (Wildman–Crippen MR) is 88.9 cm³/mol. The fourth-order valence-electron chi connectivity index (χ4n) is 1.85. The Morgan fingerprint density at radius 1 is 0.905 bits per heavy atom. The maximum atomic E-state index is 11.9. The first-order valence-electron chi connectivity index (χ1n) is 7.17. The van der Waals surface area contributed by atoms with Gasteiger partial charge >= 0.3 is 6.03 Å². The van der Waals surface area contributed by atoms with Crippen LogP contribution in [0.2, 0.25) is 0 Å². The van der Waals surface area contributed by atoms with Crippen LogP contribution in [0.3, 0.4) is 0 Å². The van der Waals surface area contributed by atoms with Gasteiger partial charge in [0.05, 0.1) is 0 Å². The van der Waals surface area contributed by atoms with Crippen molar-refractivity contribution in [2.75, 3.05) is 16.0 Å². The highest BCUT2D eigenvalue weighted by molar-refractivity contribution is 5.99. The van der Waals surface area contributed by atoms with Gasteiger partial charge in [0.25, 0.3) is 0 Å². The number of hydrogen-bond acceptors (Lipinski definition) is 2. The first-order chi connectivity index (χ1) is 10.2. The molecule has 0 bridgehead atoms. The van der Waals surface area contributed by atoms with Crippen molar-refractivity contribution < 1.29 is 4.79 Å². The van der Waals surface area contributed by atoms with E-state index in [1.165, 1.54) is 0 Å². The zero-order chi connectivity index (χ0) is 15.1. The molecule has 110 valence electrons. The Kier molecular flexibility index (Phi) is 5.21. The van der Waals surface area contributed by atoms with E-state index in [1.54, 1.807) is 0 Å². The lowest BCUT2D eigenvalue weighted by atomic mass is 10.2. The number of anilines is 3. The van der Waals surface area contributed by atoms with Gasteiger partial charge in [0, 0.05) is 23.1 Å². The number of para-hydroxylation sites is 1. The second-order valence-electron chi connectivity index (χ2n) is 4.98. The van der Waals surface area contributed by atoms with Crippen LogP contribution >= 0.6 is 0 Å². The predicted octanol–water partition coefficient (Wildman–Crippen LogP) is 4.54. The average Bonchev–Trinajstić information content (AvgIpc) is 2.50. The molecule has 1 unspecified atom stereocenters. The van der Waals surface area contributed by atoms with E-state index in [1.807, 2.05) is 54.6 Å². The maximum absolute atomic E-state index is 11.9. The summed E-state index contributed by atoms with van der Waals surface area (Å²) in [5.74, 6) is 0. The smallest absolute Gasteiger partial charge is 0.323 e. The van der Waals surface area contributed by atoms with Crippen molar-refractivity contribution in [2.45, 2.75) is 26.3 Å². The third-order valence-corrected chi connectivity index (χ3v) is 3.20. The van der Waals surface area contributed by atoms with Crippen LogP contribution in [0, 0.1) is 0 Å². The molecule has 2 amide bonds. The highest BCUT2D eigenvalue weighted by Crippen LogP contribution is 2.15. The molecular formula is C17H21N3O. The van der Waals surface area contributed by atoms with Crippen molar-refractivity contribution in [3.8, 4) is 0 Å². The van der Waals surface area contributed by atoms with Crippen LogP contribution in [0.4, 0.5) is 21.9 Å². The van der Waals surface area contributed by atoms with Gasteiger partial charge in [-0.15, -0.1) is 0 Å². The molecule has 0 radical (unpaired) electrons. The number of amides is 2. The summed E-state index contributed by atoms with van der Waals surface area (Å²) in [5.41, 5.74) is 2.58. The molecule has 0 spiro atoms. The minimum absolute atomic E-state index is 0.246. The van der Waals surface area contributed by atoms with E-state index in [0.29, 0.717) is 6.04 Å². The number of urea groups is 1. The molecule has 4 heteroatoms. The van der Waals surface area contributed by atoms with E-state index in [4.69, 9.17) is 0 Å². The van der Waals surface area contributed by atoms with E-state index in [9.17, 15) is 4.79 Å². The number of rotatable bonds is 5. The molecule has 2 rings (SSSR count). The van der Waals surface area contributed by atoms with Crippen LogP contribution in [0.1, 0.15) is 20.3 Å². The molecule has 21 heavy (non-hydrogen) atoms. The summed E-state index contributed by atoms with van der Waals surface area (Å²) in [7, 11) is 0.